The lowest BCUT2D eigenvalue weighted by atomic mass is 9.91. The number of pyridine rings is 1. The van der Waals surface area contributed by atoms with Gasteiger partial charge >= 0.3 is 0 Å². The molecule has 154 valence electrons. The third kappa shape index (κ3) is 4.61. The van der Waals surface area contributed by atoms with Crippen LogP contribution in [0.4, 0.5) is 5.69 Å². The summed E-state index contributed by atoms with van der Waals surface area (Å²) < 4.78 is 2.11. The molecular weight excluding hydrogens is 360 g/mol. The van der Waals surface area contributed by atoms with Crippen molar-refractivity contribution in [3.05, 3.63) is 65.6 Å². The van der Waals surface area contributed by atoms with Crippen molar-refractivity contribution in [1.82, 2.24) is 14.7 Å². The van der Waals surface area contributed by atoms with Gasteiger partial charge in [-0.15, -0.1) is 0 Å². The highest BCUT2D eigenvalue weighted by molar-refractivity contribution is 5.78. The van der Waals surface area contributed by atoms with Gasteiger partial charge in [0, 0.05) is 50.6 Å². The Morgan fingerprint density at radius 1 is 1.14 bits per heavy atom. The number of aromatic nitrogens is 2. The van der Waals surface area contributed by atoms with Crippen molar-refractivity contribution < 1.29 is 4.79 Å². The van der Waals surface area contributed by atoms with E-state index in [1.807, 2.05) is 32.6 Å². The normalized spacial score (nSPS) is 13.5. The Labute approximate surface area is 173 Å². The molecule has 0 radical (unpaired) electrons. The topological polar surface area (TPSA) is 49.6 Å². The second kappa shape index (κ2) is 8.68. The van der Waals surface area contributed by atoms with E-state index >= 15 is 0 Å². The van der Waals surface area contributed by atoms with E-state index in [0.717, 1.165) is 28.2 Å². The van der Waals surface area contributed by atoms with Crippen LogP contribution in [0, 0.1) is 12.8 Å². The molecule has 2 heterocycles. The van der Waals surface area contributed by atoms with Crippen molar-refractivity contribution in [2.75, 3.05) is 19.0 Å². The lowest BCUT2D eigenvalue weighted by molar-refractivity contribution is -0.122. The predicted octanol–water partition coefficient (Wildman–Crippen LogP) is 4.39. The molecule has 0 fully saturated rings. The number of anilines is 1. The quantitative estimate of drug-likeness (QED) is 0.649. The van der Waals surface area contributed by atoms with Crippen LogP contribution in [0.25, 0.3) is 5.65 Å². The maximum absolute atomic E-state index is 12.9. The SMILES string of the molecule is Cc1cccn2c(C(CC(=O)NC(C)C(C)C)c3ccc(N(C)C)cc3)cnc12. The van der Waals surface area contributed by atoms with E-state index in [1.165, 1.54) is 0 Å². The number of hydrogen-bond donors (Lipinski definition) is 1. The second-order valence-electron chi connectivity index (χ2n) is 8.41. The molecule has 2 unspecified atom stereocenters. The van der Waals surface area contributed by atoms with E-state index in [1.54, 1.807) is 0 Å². The van der Waals surface area contributed by atoms with E-state index in [2.05, 4.69) is 77.6 Å². The highest BCUT2D eigenvalue weighted by Crippen LogP contribution is 2.30. The number of amides is 1. The van der Waals surface area contributed by atoms with Gasteiger partial charge in [-0.2, -0.15) is 0 Å². The third-order valence-electron chi connectivity index (χ3n) is 5.71. The first kappa shape index (κ1) is 20.9. The molecular formula is C24H32N4O. The highest BCUT2D eigenvalue weighted by atomic mass is 16.1. The molecule has 3 rings (SSSR count). The van der Waals surface area contributed by atoms with Crippen molar-refractivity contribution in [1.29, 1.82) is 0 Å². The minimum Gasteiger partial charge on any atom is -0.378 e. The molecule has 1 aromatic carbocycles. The number of imidazole rings is 1. The summed E-state index contributed by atoms with van der Waals surface area (Å²) >= 11 is 0. The van der Waals surface area contributed by atoms with Gasteiger partial charge < -0.3 is 14.6 Å². The summed E-state index contributed by atoms with van der Waals surface area (Å²) in [6, 6.07) is 12.7. The first-order chi connectivity index (χ1) is 13.8. The molecule has 0 aliphatic rings. The van der Waals surface area contributed by atoms with E-state index in [9.17, 15) is 4.79 Å². The average Bonchev–Trinajstić information content (AvgIpc) is 3.11. The van der Waals surface area contributed by atoms with Crippen molar-refractivity contribution in [3.63, 3.8) is 0 Å². The molecule has 5 heteroatoms. The minimum atomic E-state index is -0.0672. The number of hydrogen-bond acceptors (Lipinski definition) is 3. The summed E-state index contributed by atoms with van der Waals surface area (Å²) in [5.41, 5.74) is 5.35. The van der Waals surface area contributed by atoms with Crippen molar-refractivity contribution >= 4 is 17.2 Å². The van der Waals surface area contributed by atoms with Gasteiger partial charge in [0.1, 0.15) is 5.65 Å². The zero-order valence-corrected chi connectivity index (χ0v) is 18.3. The van der Waals surface area contributed by atoms with Gasteiger partial charge in [-0.25, -0.2) is 4.98 Å². The van der Waals surface area contributed by atoms with Crippen LogP contribution in [-0.4, -0.2) is 35.4 Å². The number of carbonyl (C=O) groups is 1. The van der Waals surface area contributed by atoms with E-state index in [-0.39, 0.29) is 17.9 Å². The van der Waals surface area contributed by atoms with Crippen LogP contribution in [0.2, 0.25) is 0 Å². The Morgan fingerprint density at radius 2 is 1.83 bits per heavy atom. The molecule has 2 atom stereocenters. The van der Waals surface area contributed by atoms with Gasteiger partial charge in [-0.05, 0) is 49.1 Å². The Hall–Kier alpha value is -2.82. The fourth-order valence-electron chi connectivity index (χ4n) is 3.49. The monoisotopic (exact) mass is 392 g/mol. The van der Waals surface area contributed by atoms with Crippen LogP contribution < -0.4 is 10.2 Å². The molecule has 0 saturated carbocycles. The number of carbonyl (C=O) groups excluding carboxylic acids is 1. The number of nitrogens with one attached hydrogen (secondary N) is 1. The van der Waals surface area contributed by atoms with Gasteiger partial charge in [0.25, 0.3) is 0 Å². The Kier molecular flexibility index (Phi) is 6.26. The highest BCUT2D eigenvalue weighted by Gasteiger charge is 2.23. The van der Waals surface area contributed by atoms with Gasteiger partial charge in [-0.1, -0.05) is 32.0 Å². The molecule has 1 N–H and O–H groups in total. The minimum absolute atomic E-state index is 0.0653. The number of aryl methyl sites for hydroxylation is 1. The summed E-state index contributed by atoms with van der Waals surface area (Å²) in [5, 5.41) is 3.15. The summed E-state index contributed by atoms with van der Waals surface area (Å²) in [6.45, 7) is 8.36. The summed E-state index contributed by atoms with van der Waals surface area (Å²) in [6.07, 6.45) is 4.33. The lowest BCUT2D eigenvalue weighted by Crippen LogP contribution is -2.36. The first-order valence-corrected chi connectivity index (χ1v) is 10.3. The standard InChI is InChI=1S/C24H32N4O/c1-16(2)18(4)26-23(29)14-21(19-9-11-20(12-10-19)27(5)6)22-15-25-24-17(3)8-7-13-28(22)24/h7-13,15-16,18,21H,14H2,1-6H3,(H,26,29). The Bertz CT molecular complexity index is 972. The maximum Gasteiger partial charge on any atom is 0.221 e. The Morgan fingerprint density at radius 3 is 2.45 bits per heavy atom. The van der Waals surface area contributed by atoms with Crippen molar-refractivity contribution in [3.8, 4) is 0 Å². The largest absolute Gasteiger partial charge is 0.378 e. The summed E-state index contributed by atoms with van der Waals surface area (Å²) in [5.74, 6) is 0.396. The lowest BCUT2D eigenvalue weighted by Gasteiger charge is -2.22. The average molecular weight is 393 g/mol. The molecule has 2 aromatic heterocycles. The smallest absolute Gasteiger partial charge is 0.221 e. The maximum atomic E-state index is 12.9. The zero-order valence-electron chi connectivity index (χ0n) is 18.3. The molecule has 1 amide bonds. The third-order valence-corrected chi connectivity index (χ3v) is 5.71. The van der Waals surface area contributed by atoms with Crippen LogP contribution in [-0.2, 0) is 4.79 Å². The number of rotatable bonds is 7. The van der Waals surface area contributed by atoms with Crippen molar-refractivity contribution in [2.45, 2.75) is 46.1 Å². The molecule has 3 aromatic rings. The van der Waals surface area contributed by atoms with Crippen LogP contribution in [0.5, 0.6) is 0 Å². The molecule has 29 heavy (non-hydrogen) atoms. The zero-order chi connectivity index (χ0) is 21.1. The summed E-state index contributed by atoms with van der Waals surface area (Å²) in [4.78, 5) is 19.6. The molecule has 0 spiro atoms. The van der Waals surface area contributed by atoms with E-state index in [4.69, 9.17) is 0 Å². The second-order valence-corrected chi connectivity index (χ2v) is 8.41. The Balaban J connectivity index is 1.99. The van der Waals surface area contributed by atoms with Crippen molar-refractivity contribution in [2.24, 2.45) is 5.92 Å². The molecule has 5 nitrogen and oxygen atoms in total. The fraction of sp³-hybridized carbons (Fsp3) is 0.417. The van der Waals surface area contributed by atoms with Crippen LogP contribution in [0.15, 0.2) is 48.8 Å². The van der Waals surface area contributed by atoms with E-state index < -0.39 is 0 Å². The van der Waals surface area contributed by atoms with Crippen LogP contribution >= 0.6 is 0 Å². The first-order valence-electron chi connectivity index (χ1n) is 10.3. The molecule has 0 saturated heterocycles. The van der Waals surface area contributed by atoms with Gasteiger partial charge in [-0.3, -0.25) is 4.79 Å². The van der Waals surface area contributed by atoms with E-state index in [0.29, 0.717) is 12.3 Å². The number of fused-ring (bicyclic) bond motifs is 1. The molecule has 0 bridgehead atoms. The number of nitrogens with zero attached hydrogens (tertiary/aromatic N) is 3. The predicted molar refractivity (Wildman–Crippen MR) is 120 cm³/mol. The number of benzene rings is 1. The summed E-state index contributed by atoms with van der Waals surface area (Å²) in [7, 11) is 4.06. The van der Waals surface area contributed by atoms with Gasteiger partial charge in [0.05, 0.1) is 5.69 Å². The van der Waals surface area contributed by atoms with Crippen LogP contribution in [0.3, 0.4) is 0 Å². The molecule has 0 aliphatic carbocycles. The van der Waals surface area contributed by atoms with Gasteiger partial charge in [0.2, 0.25) is 5.91 Å². The van der Waals surface area contributed by atoms with Crippen LogP contribution in [0.1, 0.15) is 49.9 Å². The molecule has 0 aliphatic heterocycles. The fourth-order valence-corrected chi connectivity index (χ4v) is 3.49. The van der Waals surface area contributed by atoms with Gasteiger partial charge in [0.15, 0.2) is 0 Å².